The number of hydrogen-bond acceptors (Lipinski definition) is 5. The van der Waals surface area contributed by atoms with Gasteiger partial charge in [-0.05, 0) is 15.9 Å². The first kappa shape index (κ1) is 10.0. The minimum absolute atomic E-state index is 0.0264. The number of rotatable bonds is 2. The first-order valence-electron chi connectivity index (χ1n) is 4.02. The molecule has 4 nitrogen and oxygen atoms in total. The Kier molecular flexibility index (Phi) is 2.61. The molecule has 0 amide bonds. The summed E-state index contributed by atoms with van der Waals surface area (Å²) >= 11 is 0. The van der Waals surface area contributed by atoms with Crippen LogP contribution in [-0.4, -0.2) is 4.92 Å². The smallest absolute Gasteiger partial charge is 0.270 e. The third kappa shape index (κ3) is 2.11. The Labute approximate surface area is 92.0 Å². The van der Waals surface area contributed by atoms with Crippen molar-refractivity contribution in [1.29, 1.82) is 0 Å². The van der Waals surface area contributed by atoms with Gasteiger partial charge in [0, 0.05) is 18.2 Å². The molecule has 0 fully saturated rings. The molecule has 0 bridgehead atoms. The van der Waals surface area contributed by atoms with E-state index in [1.54, 1.807) is 12.1 Å². The van der Waals surface area contributed by atoms with Crippen LogP contribution < -0.4 is 4.74 Å². The molecule has 15 heavy (non-hydrogen) atoms. The van der Waals surface area contributed by atoms with E-state index in [0.29, 0.717) is 5.56 Å². The Morgan fingerprint density at radius 2 is 2.00 bits per heavy atom. The van der Waals surface area contributed by atoms with Gasteiger partial charge in [0.15, 0.2) is 0 Å². The highest BCUT2D eigenvalue weighted by Crippen LogP contribution is 2.27. The fourth-order valence-electron chi connectivity index (χ4n) is 1.15. The van der Waals surface area contributed by atoms with E-state index in [1.807, 2.05) is 0 Å². The molecule has 0 atom stereocenters. The highest BCUT2D eigenvalue weighted by Gasteiger charge is 2.08. The quantitative estimate of drug-likeness (QED) is 0.460. The van der Waals surface area contributed by atoms with Crippen LogP contribution in [0.1, 0.15) is 0 Å². The zero-order valence-corrected chi connectivity index (χ0v) is 9.01. The summed E-state index contributed by atoms with van der Waals surface area (Å²) in [5.74, 6) is 0. The van der Waals surface area contributed by atoms with Crippen molar-refractivity contribution >= 4 is 26.4 Å². The number of nitro groups is 1. The fraction of sp³-hybridized carbons (Fsp3) is 0. The van der Waals surface area contributed by atoms with Gasteiger partial charge in [0.2, 0.25) is 4.74 Å². The van der Waals surface area contributed by atoms with E-state index >= 15 is 0 Å². The first-order valence-corrected chi connectivity index (χ1v) is 6.17. The van der Waals surface area contributed by atoms with E-state index < -0.39 is 4.92 Å². The third-order valence-electron chi connectivity index (χ3n) is 1.80. The van der Waals surface area contributed by atoms with Gasteiger partial charge in [-0.15, -0.1) is 0 Å². The molecule has 0 aliphatic rings. The molecule has 6 heteroatoms. The number of nitro benzene ring substituents is 1. The predicted molar refractivity (Wildman–Crippen MR) is 60.6 cm³/mol. The summed E-state index contributed by atoms with van der Waals surface area (Å²) < 4.78 is -0.0264. The standard InChI is InChI=1S/C9H5NO3S2/c11-9-5-8(14-15-9)6-2-1-3-7(4-6)10(12)13/h1-5H. The van der Waals surface area contributed by atoms with Gasteiger partial charge in [0.25, 0.3) is 5.69 Å². The van der Waals surface area contributed by atoms with Crippen LogP contribution in [0.2, 0.25) is 0 Å². The molecular weight excluding hydrogens is 234 g/mol. The molecule has 0 saturated heterocycles. The molecule has 0 unspecified atom stereocenters. The van der Waals surface area contributed by atoms with E-state index in [4.69, 9.17) is 0 Å². The van der Waals surface area contributed by atoms with Crippen molar-refractivity contribution in [2.45, 2.75) is 0 Å². The minimum Gasteiger partial charge on any atom is -0.277 e. The van der Waals surface area contributed by atoms with Crippen LogP contribution in [0.4, 0.5) is 5.69 Å². The maximum atomic E-state index is 11.0. The third-order valence-corrected chi connectivity index (χ3v) is 3.98. The van der Waals surface area contributed by atoms with Crippen LogP contribution in [0.5, 0.6) is 0 Å². The van der Waals surface area contributed by atoms with E-state index in [1.165, 1.54) is 28.5 Å². The maximum Gasteiger partial charge on any atom is 0.270 e. The van der Waals surface area contributed by atoms with Crippen LogP contribution in [0, 0.1) is 10.1 Å². The summed E-state index contributed by atoms with van der Waals surface area (Å²) in [7, 11) is 2.46. The second-order valence-electron chi connectivity index (χ2n) is 2.80. The van der Waals surface area contributed by atoms with Crippen LogP contribution in [-0.2, 0) is 0 Å². The highest BCUT2D eigenvalue weighted by atomic mass is 32.9. The molecule has 0 aliphatic heterocycles. The molecule has 2 rings (SSSR count). The van der Waals surface area contributed by atoms with Gasteiger partial charge in [-0.25, -0.2) is 0 Å². The van der Waals surface area contributed by atoms with E-state index in [0.717, 1.165) is 15.2 Å². The summed E-state index contributed by atoms with van der Waals surface area (Å²) in [5.41, 5.74) is 0.755. The second-order valence-corrected chi connectivity index (χ2v) is 4.98. The maximum absolute atomic E-state index is 11.0. The first-order chi connectivity index (χ1) is 7.16. The predicted octanol–water partition coefficient (Wildman–Crippen LogP) is 2.75. The molecule has 0 spiro atoms. The Bertz CT molecular complexity index is 558. The lowest BCUT2D eigenvalue weighted by molar-refractivity contribution is -0.384. The molecule has 2 aromatic rings. The van der Waals surface area contributed by atoms with Gasteiger partial charge in [0.05, 0.1) is 9.80 Å². The van der Waals surface area contributed by atoms with Crippen molar-refractivity contribution in [3.63, 3.8) is 0 Å². The van der Waals surface area contributed by atoms with Crippen LogP contribution in [0.15, 0.2) is 35.1 Å². The van der Waals surface area contributed by atoms with Gasteiger partial charge in [-0.2, -0.15) is 0 Å². The van der Waals surface area contributed by atoms with E-state index in [9.17, 15) is 14.9 Å². The molecule has 0 saturated carbocycles. The number of benzene rings is 1. The van der Waals surface area contributed by atoms with Crippen molar-refractivity contribution in [3.8, 4) is 10.4 Å². The summed E-state index contributed by atoms with van der Waals surface area (Å²) in [5, 5.41) is 10.5. The summed E-state index contributed by atoms with van der Waals surface area (Å²) in [4.78, 5) is 21.8. The summed E-state index contributed by atoms with van der Waals surface area (Å²) in [6, 6.07) is 7.76. The molecule has 76 valence electrons. The molecule has 0 radical (unpaired) electrons. The largest absolute Gasteiger partial charge is 0.277 e. The van der Waals surface area contributed by atoms with Crippen molar-refractivity contribution in [2.24, 2.45) is 0 Å². The molecule has 0 N–H and O–H groups in total. The van der Waals surface area contributed by atoms with Gasteiger partial charge in [0.1, 0.15) is 0 Å². The zero-order valence-electron chi connectivity index (χ0n) is 7.38. The molecule has 1 aromatic heterocycles. The topological polar surface area (TPSA) is 60.2 Å². The molecule has 1 aromatic carbocycles. The zero-order chi connectivity index (χ0) is 10.8. The van der Waals surface area contributed by atoms with Gasteiger partial charge < -0.3 is 0 Å². The van der Waals surface area contributed by atoms with Gasteiger partial charge >= 0.3 is 0 Å². The lowest BCUT2D eigenvalue weighted by Crippen LogP contribution is -1.87. The monoisotopic (exact) mass is 239 g/mol. The van der Waals surface area contributed by atoms with Crippen molar-refractivity contribution in [1.82, 2.24) is 0 Å². The molecular formula is C9H5NO3S2. The van der Waals surface area contributed by atoms with Gasteiger partial charge in [-0.1, -0.05) is 22.5 Å². The number of nitrogens with zero attached hydrogens (tertiary/aromatic N) is 1. The summed E-state index contributed by atoms with van der Waals surface area (Å²) in [6.45, 7) is 0. The Hall–Kier alpha value is -1.53. The van der Waals surface area contributed by atoms with E-state index in [-0.39, 0.29) is 10.4 Å². The lowest BCUT2D eigenvalue weighted by Gasteiger charge is -1.95. The Morgan fingerprint density at radius 1 is 1.20 bits per heavy atom. The molecule has 0 aliphatic carbocycles. The van der Waals surface area contributed by atoms with Crippen molar-refractivity contribution in [3.05, 3.63) is 50.0 Å². The highest BCUT2D eigenvalue weighted by molar-refractivity contribution is 7.69. The lowest BCUT2D eigenvalue weighted by atomic mass is 10.2. The molecule has 1 heterocycles. The normalized spacial score (nSPS) is 10.1. The number of hydrogen-bond donors (Lipinski definition) is 0. The fourth-order valence-corrected chi connectivity index (χ4v) is 3.03. The van der Waals surface area contributed by atoms with Crippen molar-refractivity contribution in [2.75, 3.05) is 0 Å². The minimum atomic E-state index is -0.446. The Balaban J connectivity index is 2.49. The second kappa shape index (κ2) is 3.92. The van der Waals surface area contributed by atoms with E-state index in [2.05, 4.69) is 0 Å². The van der Waals surface area contributed by atoms with Crippen LogP contribution >= 0.6 is 20.7 Å². The van der Waals surface area contributed by atoms with Crippen molar-refractivity contribution < 1.29 is 4.92 Å². The Morgan fingerprint density at radius 3 is 2.60 bits per heavy atom. The van der Waals surface area contributed by atoms with Crippen LogP contribution in [0.25, 0.3) is 10.4 Å². The summed E-state index contributed by atoms with van der Waals surface area (Å²) in [6.07, 6.45) is 0. The average molecular weight is 239 g/mol. The SMILES string of the molecule is O=c1cc(-c2cccc([N+](=O)[O-])c2)ss1. The number of non-ortho nitro benzene ring substituents is 1. The average Bonchev–Trinajstić information content (AvgIpc) is 2.65. The van der Waals surface area contributed by atoms with Crippen LogP contribution in [0.3, 0.4) is 0 Å². The van der Waals surface area contributed by atoms with Gasteiger partial charge in [-0.3, -0.25) is 14.9 Å².